The van der Waals surface area contributed by atoms with Gasteiger partial charge in [-0.1, -0.05) is 47.4 Å². The first kappa shape index (κ1) is 19.5. The molecule has 1 heterocycles. The van der Waals surface area contributed by atoms with Crippen LogP contribution in [0.25, 0.3) is 0 Å². The Bertz CT molecular complexity index is 1040. The summed E-state index contributed by atoms with van der Waals surface area (Å²) < 4.78 is 0.597. The molecule has 0 fully saturated rings. The number of hydrogen-bond acceptors (Lipinski definition) is 8. The Morgan fingerprint density at radius 3 is 2.43 bits per heavy atom. The van der Waals surface area contributed by atoms with Gasteiger partial charge in [0.15, 0.2) is 4.34 Å². The molecule has 2 aromatic carbocycles. The van der Waals surface area contributed by atoms with Gasteiger partial charge in [-0.25, -0.2) is 4.79 Å². The highest BCUT2D eigenvalue weighted by atomic mass is 32.2. The predicted octanol–water partition coefficient (Wildman–Crippen LogP) is 3.69. The molecule has 9 nitrogen and oxygen atoms in total. The summed E-state index contributed by atoms with van der Waals surface area (Å²) in [5, 5.41) is 30.5. The topological polar surface area (TPSA) is 135 Å². The molecule has 3 aromatic rings. The summed E-state index contributed by atoms with van der Waals surface area (Å²) in [5.74, 6) is -1.24. The lowest BCUT2D eigenvalue weighted by atomic mass is 10.1. The van der Waals surface area contributed by atoms with Crippen LogP contribution in [0.4, 0.5) is 10.8 Å². The molecule has 2 N–H and O–H groups in total. The highest BCUT2D eigenvalue weighted by Crippen LogP contribution is 2.29. The van der Waals surface area contributed by atoms with Gasteiger partial charge in [-0.2, -0.15) is 0 Å². The van der Waals surface area contributed by atoms with Gasteiger partial charge in [-0.3, -0.25) is 20.2 Å². The van der Waals surface area contributed by atoms with Gasteiger partial charge in [0.2, 0.25) is 5.13 Å². The summed E-state index contributed by atoms with van der Waals surface area (Å²) in [7, 11) is 0. The first-order chi connectivity index (χ1) is 13.4. The van der Waals surface area contributed by atoms with E-state index in [9.17, 15) is 19.7 Å². The standard InChI is InChI=1S/C17H12N4O5S2/c22-14(12-3-1-2-4-13(12)15(23)24)18-16-19-20-17(28-16)27-9-10-5-7-11(8-6-10)21(25)26/h1-8H,9H2,(H,23,24)(H,18,19,22). The van der Waals surface area contributed by atoms with E-state index in [0.29, 0.717) is 10.1 Å². The minimum atomic E-state index is -1.19. The van der Waals surface area contributed by atoms with Crippen molar-refractivity contribution in [2.75, 3.05) is 5.32 Å². The van der Waals surface area contributed by atoms with Gasteiger partial charge >= 0.3 is 5.97 Å². The van der Waals surface area contributed by atoms with Crippen molar-refractivity contribution in [2.24, 2.45) is 0 Å². The van der Waals surface area contributed by atoms with Crippen LogP contribution in [0.15, 0.2) is 52.9 Å². The van der Waals surface area contributed by atoms with Gasteiger partial charge in [-0.05, 0) is 17.7 Å². The van der Waals surface area contributed by atoms with E-state index in [1.807, 2.05) is 0 Å². The van der Waals surface area contributed by atoms with Crippen molar-refractivity contribution < 1.29 is 19.6 Å². The molecule has 0 atom stereocenters. The zero-order valence-corrected chi connectivity index (χ0v) is 15.7. The third kappa shape index (κ3) is 4.69. The van der Waals surface area contributed by atoms with Crippen LogP contribution in [0, 0.1) is 10.1 Å². The SMILES string of the molecule is O=C(O)c1ccccc1C(=O)Nc1nnc(SCc2ccc([N+](=O)[O-])cc2)s1. The van der Waals surface area contributed by atoms with Crippen molar-refractivity contribution in [3.05, 3.63) is 75.3 Å². The number of benzene rings is 2. The summed E-state index contributed by atoms with van der Waals surface area (Å²) in [6, 6.07) is 12.1. The molecule has 142 valence electrons. The highest BCUT2D eigenvalue weighted by molar-refractivity contribution is 8.00. The largest absolute Gasteiger partial charge is 0.478 e. The normalized spacial score (nSPS) is 10.4. The second-order valence-corrected chi connectivity index (χ2v) is 7.59. The number of aromatic carboxylic acids is 1. The molecule has 0 bridgehead atoms. The van der Waals surface area contributed by atoms with E-state index in [1.54, 1.807) is 18.2 Å². The number of carboxylic acids is 1. The first-order valence-electron chi connectivity index (χ1n) is 7.77. The maximum absolute atomic E-state index is 12.3. The monoisotopic (exact) mass is 416 g/mol. The van der Waals surface area contributed by atoms with Crippen LogP contribution < -0.4 is 5.32 Å². The van der Waals surface area contributed by atoms with Gasteiger partial charge in [0.25, 0.3) is 11.6 Å². The molecule has 1 aromatic heterocycles. The van der Waals surface area contributed by atoms with Crippen LogP contribution in [0.1, 0.15) is 26.3 Å². The summed E-state index contributed by atoms with van der Waals surface area (Å²) in [4.78, 5) is 33.7. The molecule has 0 aliphatic rings. The number of carboxylic acid groups (broad SMARTS) is 1. The Morgan fingerprint density at radius 2 is 1.79 bits per heavy atom. The van der Waals surface area contributed by atoms with E-state index in [0.717, 1.165) is 16.9 Å². The molecule has 0 spiro atoms. The van der Waals surface area contributed by atoms with Crippen LogP contribution >= 0.6 is 23.1 Å². The number of nitro benzene ring substituents is 1. The second-order valence-electron chi connectivity index (χ2n) is 5.39. The Morgan fingerprint density at radius 1 is 1.11 bits per heavy atom. The molecule has 0 saturated heterocycles. The minimum Gasteiger partial charge on any atom is -0.478 e. The third-order valence-corrected chi connectivity index (χ3v) is 5.58. The number of nitro groups is 1. The van der Waals surface area contributed by atoms with E-state index in [4.69, 9.17) is 5.11 Å². The zero-order chi connectivity index (χ0) is 20.1. The van der Waals surface area contributed by atoms with Crippen molar-refractivity contribution >= 4 is 45.8 Å². The van der Waals surface area contributed by atoms with Crippen molar-refractivity contribution in [3.63, 3.8) is 0 Å². The number of carbonyl (C=O) groups is 2. The average molecular weight is 416 g/mol. The number of nitrogens with one attached hydrogen (secondary N) is 1. The van der Waals surface area contributed by atoms with Gasteiger partial charge in [-0.15, -0.1) is 10.2 Å². The van der Waals surface area contributed by atoms with Gasteiger partial charge in [0.05, 0.1) is 16.1 Å². The summed E-state index contributed by atoms with van der Waals surface area (Å²) in [6.07, 6.45) is 0. The number of carbonyl (C=O) groups excluding carboxylic acids is 1. The van der Waals surface area contributed by atoms with Gasteiger partial charge in [0, 0.05) is 17.9 Å². The summed E-state index contributed by atoms with van der Waals surface area (Å²) in [6.45, 7) is 0. The lowest BCUT2D eigenvalue weighted by Gasteiger charge is -2.04. The first-order valence-corrected chi connectivity index (χ1v) is 9.57. The fourth-order valence-electron chi connectivity index (χ4n) is 2.21. The minimum absolute atomic E-state index is 0.0244. The van der Waals surface area contributed by atoms with Crippen LogP contribution in [0.3, 0.4) is 0 Å². The molecule has 3 rings (SSSR count). The van der Waals surface area contributed by atoms with Crippen molar-refractivity contribution in [1.82, 2.24) is 10.2 Å². The van der Waals surface area contributed by atoms with Crippen LogP contribution in [0.2, 0.25) is 0 Å². The van der Waals surface area contributed by atoms with Gasteiger partial charge < -0.3 is 5.11 Å². The summed E-state index contributed by atoms with van der Waals surface area (Å²) >= 11 is 2.52. The van der Waals surface area contributed by atoms with Crippen molar-refractivity contribution in [1.29, 1.82) is 0 Å². The number of non-ortho nitro benzene ring substituents is 1. The number of hydrogen-bond donors (Lipinski definition) is 2. The van der Waals surface area contributed by atoms with Crippen LogP contribution in [0.5, 0.6) is 0 Å². The molecular weight excluding hydrogens is 404 g/mol. The molecule has 0 unspecified atom stereocenters. The number of rotatable bonds is 7. The van der Waals surface area contributed by atoms with E-state index in [-0.39, 0.29) is 21.9 Å². The quantitative estimate of drug-likeness (QED) is 0.258. The van der Waals surface area contributed by atoms with Crippen molar-refractivity contribution in [3.8, 4) is 0 Å². The van der Waals surface area contributed by atoms with Gasteiger partial charge in [0.1, 0.15) is 0 Å². The molecular formula is C17H12N4O5S2. The molecule has 1 amide bonds. The van der Waals surface area contributed by atoms with Crippen LogP contribution in [-0.2, 0) is 5.75 Å². The number of anilines is 1. The fraction of sp³-hybridized carbons (Fsp3) is 0.0588. The van der Waals surface area contributed by atoms with Crippen molar-refractivity contribution in [2.45, 2.75) is 10.1 Å². The summed E-state index contributed by atoms with van der Waals surface area (Å²) in [5.41, 5.74) is 0.839. The number of amides is 1. The molecule has 11 heteroatoms. The Balaban J connectivity index is 1.62. The highest BCUT2D eigenvalue weighted by Gasteiger charge is 2.17. The van der Waals surface area contributed by atoms with Crippen LogP contribution in [-0.4, -0.2) is 32.1 Å². The average Bonchev–Trinajstić information content (AvgIpc) is 3.14. The molecule has 0 radical (unpaired) electrons. The lowest BCUT2D eigenvalue weighted by Crippen LogP contribution is -2.16. The Labute approximate surface area is 166 Å². The molecule has 0 saturated carbocycles. The number of thioether (sulfide) groups is 1. The molecule has 28 heavy (non-hydrogen) atoms. The number of aromatic nitrogens is 2. The Hall–Kier alpha value is -3.31. The predicted molar refractivity (Wildman–Crippen MR) is 104 cm³/mol. The molecule has 0 aliphatic carbocycles. The van der Waals surface area contributed by atoms with E-state index in [2.05, 4.69) is 15.5 Å². The maximum Gasteiger partial charge on any atom is 0.336 e. The van der Waals surface area contributed by atoms with E-state index < -0.39 is 16.8 Å². The number of nitrogens with zero attached hydrogens (tertiary/aromatic N) is 3. The maximum atomic E-state index is 12.3. The lowest BCUT2D eigenvalue weighted by molar-refractivity contribution is -0.384. The Kier molecular flexibility index (Phi) is 5.96. The third-order valence-electron chi connectivity index (χ3n) is 3.54. The zero-order valence-electron chi connectivity index (χ0n) is 14.1. The molecule has 0 aliphatic heterocycles. The second kappa shape index (κ2) is 8.59. The smallest absolute Gasteiger partial charge is 0.336 e. The fourth-order valence-corrected chi connectivity index (χ4v) is 3.91. The van der Waals surface area contributed by atoms with E-state index in [1.165, 1.54) is 42.1 Å². The van der Waals surface area contributed by atoms with E-state index >= 15 is 0 Å².